The van der Waals surface area contributed by atoms with Crippen LogP contribution in [0.2, 0.25) is 0 Å². The second-order valence-electron chi connectivity index (χ2n) is 6.51. The van der Waals surface area contributed by atoms with E-state index in [1.807, 2.05) is 55.1 Å². The first kappa shape index (κ1) is 17.8. The van der Waals surface area contributed by atoms with Crippen molar-refractivity contribution < 1.29 is 4.79 Å². The molecule has 1 atom stereocenters. The number of amides is 1. The summed E-state index contributed by atoms with van der Waals surface area (Å²) in [6.07, 6.45) is 5.84. The molecule has 0 aliphatic heterocycles. The molecule has 0 saturated carbocycles. The van der Waals surface area contributed by atoms with E-state index in [-0.39, 0.29) is 5.91 Å². The number of benzene rings is 2. The van der Waals surface area contributed by atoms with Crippen molar-refractivity contribution in [3.63, 3.8) is 0 Å². The molecular weight excluding hydrogens is 330 g/mol. The van der Waals surface area contributed by atoms with Crippen LogP contribution in [-0.2, 0) is 11.3 Å². The second kappa shape index (κ2) is 7.45. The zero-order valence-electron chi connectivity index (χ0n) is 14.8. The standard InChI is InChI=1S/C22H24ClNO/c1-3-24(4-2)21(25)19-13-11-17(12-14-19)16-22(23)15-7-9-18-8-5-6-10-20(18)22/h5-14H,3-4,15-16H2,1-2H3. The molecule has 3 heteroatoms. The Labute approximate surface area is 155 Å². The summed E-state index contributed by atoms with van der Waals surface area (Å²) < 4.78 is 0. The summed E-state index contributed by atoms with van der Waals surface area (Å²) in [5, 5.41) is 0. The van der Waals surface area contributed by atoms with E-state index in [2.05, 4.69) is 24.3 Å². The molecule has 0 spiro atoms. The fraction of sp³-hybridized carbons (Fsp3) is 0.318. The summed E-state index contributed by atoms with van der Waals surface area (Å²) in [7, 11) is 0. The van der Waals surface area contributed by atoms with Gasteiger partial charge >= 0.3 is 0 Å². The summed E-state index contributed by atoms with van der Waals surface area (Å²) in [6.45, 7) is 5.46. The van der Waals surface area contributed by atoms with Crippen LogP contribution in [0, 0.1) is 0 Å². The van der Waals surface area contributed by atoms with Crippen molar-refractivity contribution in [2.75, 3.05) is 13.1 Å². The molecule has 0 N–H and O–H groups in total. The van der Waals surface area contributed by atoms with Crippen LogP contribution in [0.5, 0.6) is 0 Å². The number of alkyl halides is 1. The van der Waals surface area contributed by atoms with Gasteiger partial charge in [-0.1, -0.05) is 48.6 Å². The summed E-state index contributed by atoms with van der Waals surface area (Å²) >= 11 is 7.01. The Morgan fingerprint density at radius 1 is 1.08 bits per heavy atom. The van der Waals surface area contributed by atoms with E-state index < -0.39 is 4.87 Å². The fourth-order valence-electron chi connectivity index (χ4n) is 3.48. The average Bonchev–Trinajstić information content (AvgIpc) is 2.63. The van der Waals surface area contributed by atoms with Crippen LogP contribution in [0.1, 0.15) is 47.3 Å². The van der Waals surface area contributed by atoms with E-state index in [4.69, 9.17) is 11.6 Å². The molecule has 1 aliphatic carbocycles. The van der Waals surface area contributed by atoms with Crippen LogP contribution in [0.15, 0.2) is 54.6 Å². The molecule has 0 aromatic heterocycles. The second-order valence-corrected chi connectivity index (χ2v) is 7.23. The zero-order valence-corrected chi connectivity index (χ0v) is 15.6. The number of carbonyl (C=O) groups excluding carboxylic acids is 1. The highest BCUT2D eigenvalue weighted by Crippen LogP contribution is 2.42. The van der Waals surface area contributed by atoms with Gasteiger partial charge in [-0.25, -0.2) is 0 Å². The molecule has 0 radical (unpaired) electrons. The van der Waals surface area contributed by atoms with Crippen molar-refractivity contribution in [3.8, 4) is 0 Å². The molecule has 0 saturated heterocycles. The summed E-state index contributed by atoms with van der Waals surface area (Å²) in [6, 6.07) is 16.2. The van der Waals surface area contributed by atoms with E-state index in [1.165, 1.54) is 11.1 Å². The predicted molar refractivity (Wildman–Crippen MR) is 105 cm³/mol. The number of fused-ring (bicyclic) bond motifs is 1. The molecule has 2 aromatic carbocycles. The topological polar surface area (TPSA) is 20.3 Å². The third kappa shape index (κ3) is 3.64. The Hall–Kier alpha value is -2.06. The number of halogens is 1. The fourth-order valence-corrected chi connectivity index (χ4v) is 3.90. The largest absolute Gasteiger partial charge is 0.339 e. The van der Waals surface area contributed by atoms with Gasteiger partial charge in [-0.2, -0.15) is 0 Å². The van der Waals surface area contributed by atoms with Gasteiger partial charge in [-0.05, 0) is 55.5 Å². The molecule has 2 nitrogen and oxygen atoms in total. The van der Waals surface area contributed by atoms with Crippen molar-refractivity contribution in [2.45, 2.75) is 31.6 Å². The Balaban J connectivity index is 1.80. The lowest BCUT2D eigenvalue weighted by Crippen LogP contribution is -2.30. The van der Waals surface area contributed by atoms with Gasteiger partial charge in [0, 0.05) is 18.7 Å². The Kier molecular flexibility index (Phi) is 5.29. The molecule has 0 fully saturated rings. The van der Waals surface area contributed by atoms with Gasteiger partial charge < -0.3 is 4.90 Å². The third-order valence-corrected chi connectivity index (χ3v) is 5.41. The lowest BCUT2D eigenvalue weighted by molar-refractivity contribution is 0.0773. The number of allylic oxidation sites excluding steroid dienone is 1. The van der Waals surface area contributed by atoms with Crippen molar-refractivity contribution in [1.29, 1.82) is 0 Å². The number of hydrogen-bond acceptors (Lipinski definition) is 1. The Bertz CT molecular complexity index is 777. The van der Waals surface area contributed by atoms with Gasteiger partial charge in [0.05, 0.1) is 4.87 Å². The molecule has 0 heterocycles. The van der Waals surface area contributed by atoms with E-state index in [0.717, 1.165) is 37.1 Å². The highest BCUT2D eigenvalue weighted by atomic mass is 35.5. The maximum absolute atomic E-state index is 12.4. The van der Waals surface area contributed by atoms with Crippen molar-refractivity contribution in [2.24, 2.45) is 0 Å². The number of nitrogens with zero attached hydrogens (tertiary/aromatic N) is 1. The molecule has 130 valence electrons. The monoisotopic (exact) mass is 353 g/mol. The van der Waals surface area contributed by atoms with Crippen LogP contribution < -0.4 is 0 Å². The summed E-state index contributed by atoms with van der Waals surface area (Å²) in [5.41, 5.74) is 4.26. The molecule has 1 unspecified atom stereocenters. The van der Waals surface area contributed by atoms with Crippen LogP contribution in [0.3, 0.4) is 0 Å². The third-order valence-electron chi connectivity index (χ3n) is 4.92. The Morgan fingerprint density at radius 2 is 1.76 bits per heavy atom. The number of rotatable bonds is 5. The maximum Gasteiger partial charge on any atom is 0.253 e. The molecule has 1 aliphatic rings. The van der Waals surface area contributed by atoms with Crippen molar-refractivity contribution in [3.05, 3.63) is 76.9 Å². The van der Waals surface area contributed by atoms with Crippen LogP contribution >= 0.6 is 11.6 Å². The Morgan fingerprint density at radius 3 is 2.44 bits per heavy atom. The average molecular weight is 354 g/mol. The number of hydrogen-bond donors (Lipinski definition) is 0. The van der Waals surface area contributed by atoms with Gasteiger partial charge in [0.2, 0.25) is 0 Å². The zero-order chi connectivity index (χ0) is 17.9. The van der Waals surface area contributed by atoms with Crippen LogP contribution in [-0.4, -0.2) is 23.9 Å². The lowest BCUT2D eigenvalue weighted by atomic mass is 9.82. The predicted octanol–water partition coefficient (Wildman–Crippen LogP) is 5.26. The molecular formula is C22H24ClNO. The van der Waals surface area contributed by atoms with Gasteiger partial charge in [-0.3, -0.25) is 4.79 Å². The molecule has 3 rings (SSSR count). The van der Waals surface area contributed by atoms with Crippen molar-refractivity contribution in [1.82, 2.24) is 4.90 Å². The minimum absolute atomic E-state index is 0.0862. The van der Waals surface area contributed by atoms with Gasteiger partial charge in [0.1, 0.15) is 0 Å². The smallest absolute Gasteiger partial charge is 0.253 e. The van der Waals surface area contributed by atoms with E-state index in [0.29, 0.717) is 0 Å². The first-order chi connectivity index (χ1) is 12.1. The van der Waals surface area contributed by atoms with Gasteiger partial charge in [-0.15, -0.1) is 11.6 Å². The molecule has 25 heavy (non-hydrogen) atoms. The van der Waals surface area contributed by atoms with Gasteiger partial charge in [0.15, 0.2) is 0 Å². The summed E-state index contributed by atoms with van der Waals surface area (Å²) in [4.78, 5) is 13.8. The van der Waals surface area contributed by atoms with Crippen LogP contribution in [0.4, 0.5) is 0 Å². The minimum atomic E-state index is -0.421. The molecule has 1 amide bonds. The molecule has 0 bridgehead atoms. The SMILES string of the molecule is CCN(CC)C(=O)c1ccc(CC2(Cl)CC=Cc3ccccc32)cc1. The lowest BCUT2D eigenvalue weighted by Gasteiger charge is -2.31. The summed E-state index contributed by atoms with van der Waals surface area (Å²) in [5.74, 6) is 0.0862. The van der Waals surface area contributed by atoms with Gasteiger partial charge in [0.25, 0.3) is 5.91 Å². The molecule has 2 aromatic rings. The van der Waals surface area contributed by atoms with E-state index in [1.54, 1.807) is 0 Å². The highest BCUT2D eigenvalue weighted by molar-refractivity contribution is 6.24. The first-order valence-corrected chi connectivity index (χ1v) is 9.28. The van der Waals surface area contributed by atoms with Crippen molar-refractivity contribution >= 4 is 23.6 Å². The normalized spacial score (nSPS) is 18.7. The first-order valence-electron chi connectivity index (χ1n) is 8.90. The minimum Gasteiger partial charge on any atom is -0.339 e. The number of carbonyl (C=O) groups is 1. The van der Waals surface area contributed by atoms with E-state index in [9.17, 15) is 4.79 Å². The quantitative estimate of drug-likeness (QED) is 0.671. The van der Waals surface area contributed by atoms with E-state index >= 15 is 0 Å². The highest BCUT2D eigenvalue weighted by Gasteiger charge is 2.32. The van der Waals surface area contributed by atoms with Crippen LogP contribution in [0.25, 0.3) is 6.08 Å². The maximum atomic E-state index is 12.4.